The van der Waals surface area contributed by atoms with E-state index in [2.05, 4.69) is 31.8 Å². The predicted molar refractivity (Wildman–Crippen MR) is 121 cm³/mol. The molecule has 11 N–H and O–H groups in total. The second kappa shape index (κ2) is 14.2. The number of fused-ring (bicyclic) bond motifs is 2. The van der Waals surface area contributed by atoms with Gasteiger partial charge < -0.3 is 36.6 Å². The van der Waals surface area contributed by atoms with Crippen molar-refractivity contribution in [2.45, 2.75) is 6.92 Å². The summed E-state index contributed by atoms with van der Waals surface area (Å²) in [7, 11) is 2.66. The maximum atomic E-state index is 11.9. The van der Waals surface area contributed by atoms with Crippen LogP contribution in [0.15, 0.2) is 30.7 Å². The summed E-state index contributed by atoms with van der Waals surface area (Å²) in [5.41, 5.74) is 2.70. The Morgan fingerprint density at radius 1 is 1.18 bits per heavy atom. The number of nitrogens with two attached hydrogens (primary N) is 2. The van der Waals surface area contributed by atoms with Crippen molar-refractivity contribution in [1.29, 1.82) is 0 Å². The minimum absolute atomic E-state index is 0. The molecule has 0 unspecified atom stereocenters. The average molecular weight is 466 g/mol. The van der Waals surface area contributed by atoms with Crippen LogP contribution in [0.2, 0.25) is 0 Å². The smallest absolute Gasteiger partial charge is 0.339 e. The molecule has 4 rings (SSSR count). The molecule has 14 nitrogen and oxygen atoms in total. The van der Waals surface area contributed by atoms with Crippen molar-refractivity contribution in [3.63, 3.8) is 0 Å². The number of nitrogens with one attached hydrogen (secondary N) is 1. The van der Waals surface area contributed by atoms with Gasteiger partial charge in [-0.05, 0) is 24.6 Å². The van der Waals surface area contributed by atoms with Crippen LogP contribution in [-0.2, 0) is 14.3 Å². The van der Waals surface area contributed by atoms with E-state index in [4.69, 9.17) is 19.0 Å². The molecule has 3 aromatic rings. The number of benzene rings is 1. The van der Waals surface area contributed by atoms with E-state index in [9.17, 15) is 4.79 Å². The van der Waals surface area contributed by atoms with Gasteiger partial charge in [-0.25, -0.2) is 14.3 Å². The Morgan fingerprint density at radius 3 is 2.42 bits per heavy atom. The maximum Gasteiger partial charge on any atom is 0.339 e. The summed E-state index contributed by atoms with van der Waals surface area (Å²) in [6, 6.07) is 5.58. The summed E-state index contributed by atoms with van der Waals surface area (Å²) in [6.07, 6.45) is 3.06. The molecule has 0 radical (unpaired) electrons. The van der Waals surface area contributed by atoms with Crippen molar-refractivity contribution in [3.8, 4) is 11.5 Å². The molecule has 33 heavy (non-hydrogen) atoms. The molecular formula is C19H30N8O6. The Labute approximate surface area is 190 Å². The van der Waals surface area contributed by atoms with Gasteiger partial charge in [-0.3, -0.25) is 16.5 Å². The topological polar surface area (TPSA) is 235 Å². The molecule has 14 heteroatoms. The summed E-state index contributed by atoms with van der Waals surface area (Å²) in [4.78, 5) is 25.2. The minimum Gasteiger partial charge on any atom is -0.486 e. The molecule has 1 aliphatic heterocycles. The van der Waals surface area contributed by atoms with Crippen LogP contribution in [-0.4, -0.2) is 54.5 Å². The quantitative estimate of drug-likeness (QED) is 0.158. The summed E-state index contributed by atoms with van der Waals surface area (Å²) in [6.45, 7) is 3.28. The normalized spacial score (nSPS) is 10.6. The molecule has 0 saturated heterocycles. The second-order valence-electron chi connectivity index (χ2n) is 5.88. The van der Waals surface area contributed by atoms with Crippen molar-refractivity contribution in [2.75, 3.05) is 32.8 Å². The van der Waals surface area contributed by atoms with Crippen LogP contribution in [0.3, 0.4) is 0 Å². The van der Waals surface area contributed by atoms with Crippen LogP contribution < -0.4 is 38.8 Å². The fourth-order valence-electron chi connectivity index (χ4n) is 2.83. The first kappa shape index (κ1) is 29.0. The SMILES string of the molecule is COC(=O)c1cn2ncnc(Nc3ccc4c(c3)OCCO4)c2c1C.COC=O.N.N.NN. The monoisotopic (exact) mass is 466 g/mol. The Bertz CT molecular complexity index is 1040. The lowest BCUT2D eigenvalue weighted by Crippen LogP contribution is -2.15. The first-order chi connectivity index (χ1) is 15.1. The third kappa shape index (κ3) is 6.75. The molecule has 3 heterocycles. The number of ether oxygens (including phenoxy) is 4. The standard InChI is InChI=1S/C17H16N4O4.C2H4O2.H4N2.2H3N/c1-10-12(17(22)23-2)8-21-15(10)16(18-9-19-21)20-11-3-4-13-14(7-11)25-6-5-24-13;1-4-2-3;1-2;;/h3-4,7-9H,5-6H2,1-2H3,(H,18,19,20);2H,1H3;1-2H2;2*1H3. The van der Waals surface area contributed by atoms with Gasteiger partial charge in [-0.2, -0.15) is 5.10 Å². The third-order valence-corrected chi connectivity index (χ3v) is 4.13. The van der Waals surface area contributed by atoms with Gasteiger partial charge >= 0.3 is 5.97 Å². The van der Waals surface area contributed by atoms with E-state index in [1.54, 1.807) is 10.7 Å². The molecule has 182 valence electrons. The molecule has 2 aromatic heterocycles. The Kier molecular flexibility index (Phi) is 12.4. The van der Waals surface area contributed by atoms with Gasteiger partial charge in [0.1, 0.15) is 25.1 Å². The van der Waals surface area contributed by atoms with Gasteiger partial charge in [0.05, 0.1) is 19.8 Å². The highest BCUT2D eigenvalue weighted by molar-refractivity contribution is 5.95. The van der Waals surface area contributed by atoms with Gasteiger partial charge in [0, 0.05) is 18.0 Å². The van der Waals surface area contributed by atoms with E-state index in [-0.39, 0.29) is 12.3 Å². The lowest BCUT2D eigenvalue weighted by Gasteiger charge is -2.19. The number of esters is 1. The van der Waals surface area contributed by atoms with Crippen molar-refractivity contribution >= 4 is 29.5 Å². The fraction of sp³-hybridized carbons (Fsp3) is 0.263. The Balaban J connectivity index is 0.00000116. The predicted octanol–water partition coefficient (Wildman–Crippen LogP) is 1.27. The number of aromatic nitrogens is 3. The molecule has 0 spiro atoms. The zero-order valence-electron chi connectivity index (χ0n) is 18.7. The number of hydrogen-bond donors (Lipinski definition) is 5. The first-order valence-corrected chi connectivity index (χ1v) is 8.96. The molecule has 0 fully saturated rings. The van der Waals surface area contributed by atoms with E-state index in [0.29, 0.717) is 42.3 Å². The van der Waals surface area contributed by atoms with Gasteiger partial charge in [-0.15, -0.1) is 0 Å². The summed E-state index contributed by atoms with van der Waals surface area (Å²) < 4.78 is 21.4. The largest absolute Gasteiger partial charge is 0.486 e. The fourth-order valence-corrected chi connectivity index (χ4v) is 2.83. The highest BCUT2D eigenvalue weighted by Crippen LogP contribution is 2.34. The number of carbonyl (C=O) groups is 2. The van der Waals surface area contributed by atoms with Gasteiger partial charge in [0.15, 0.2) is 17.3 Å². The van der Waals surface area contributed by atoms with Crippen LogP contribution in [0, 0.1) is 6.92 Å². The molecular weight excluding hydrogens is 436 g/mol. The Morgan fingerprint density at radius 2 is 1.82 bits per heavy atom. The van der Waals surface area contributed by atoms with Crippen molar-refractivity contribution in [1.82, 2.24) is 26.9 Å². The molecule has 1 aliphatic rings. The van der Waals surface area contributed by atoms with Crippen molar-refractivity contribution in [2.24, 2.45) is 11.7 Å². The van der Waals surface area contributed by atoms with Gasteiger partial charge in [0.2, 0.25) is 0 Å². The lowest BCUT2D eigenvalue weighted by atomic mass is 10.2. The minimum atomic E-state index is -0.409. The average Bonchev–Trinajstić information content (AvgIpc) is 3.17. The molecule has 0 amide bonds. The van der Waals surface area contributed by atoms with Crippen molar-refractivity contribution < 1.29 is 28.5 Å². The number of aryl methyl sites for hydroxylation is 1. The first-order valence-electron chi connectivity index (χ1n) is 8.96. The number of hydrogen-bond acceptors (Lipinski definition) is 13. The summed E-state index contributed by atoms with van der Waals surface area (Å²) in [5.74, 6) is 9.58. The highest BCUT2D eigenvalue weighted by atomic mass is 16.6. The van der Waals surface area contributed by atoms with Crippen LogP contribution in [0.4, 0.5) is 11.5 Å². The van der Waals surface area contributed by atoms with E-state index >= 15 is 0 Å². The number of rotatable bonds is 4. The highest BCUT2D eigenvalue weighted by Gasteiger charge is 2.19. The lowest BCUT2D eigenvalue weighted by molar-refractivity contribution is -0.126. The molecule has 0 aliphatic carbocycles. The molecule has 1 aromatic carbocycles. The third-order valence-electron chi connectivity index (χ3n) is 4.13. The number of nitrogens with zero attached hydrogens (tertiary/aromatic N) is 3. The van der Waals surface area contributed by atoms with Crippen LogP contribution in [0.25, 0.3) is 5.52 Å². The van der Waals surface area contributed by atoms with Crippen molar-refractivity contribution in [3.05, 3.63) is 41.9 Å². The van der Waals surface area contributed by atoms with Crippen LogP contribution >= 0.6 is 0 Å². The molecule has 0 atom stereocenters. The Hall–Kier alpha value is -3.98. The number of carbonyl (C=O) groups excluding carboxylic acids is 2. The van der Waals surface area contributed by atoms with Gasteiger partial charge in [0.25, 0.3) is 6.47 Å². The molecule has 0 bridgehead atoms. The maximum absolute atomic E-state index is 11.9. The van der Waals surface area contributed by atoms with E-state index in [0.717, 1.165) is 17.0 Å². The van der Waals surface area contributed by atoms with Gasteiger partial charge in [-0.1, -0.05) is 0 Å². The van der Waals surface area contributed by atoms with Crippen LogP contribution in [0.1, 0.15) is 15.9 Å². The summed E-state index contributed by atoms with van der Waals surface area (Å²) in [5, 5.41) is 7.41. The van der Waals surface area contributed by atoms with E-state index < -0.39 is 5.97 Å². The number of methoxy groups -OCH3 is 2. The zero-order chi connectivity index (χ0) is 22.8. The summed E-state index contributed by atoms with van der Waals surface area (Å²) >= 11 is 0. The second-order valence-corrected chi connectivity index (χ2v) is 5.88. The van der Waals surface area contributed by atoms with E-state index in [1.165, 1.54) is 20.5 Å². The van der Waals surface area contributed by atoms with Crippen LogP contribution in [0.5, 0.6) is 11.5 Å². The van der Waals surface area contributed by atoms with E-state index in [1.807, 2.05) is 25.1 Å². The number of anilines is 2. The number of hydrazine groups is 1. The zero-order valence-corrected chi connectivity index (χ0v) is 18.7. The molecule has 0 saturated carbocycles.